The van der Waals surface area contributed by atoms with Crippen molar-refractivity contribution >= 4 is 17.9 Å². The Labute approximate surface area is 414 Å². The van der Waals surface area contributed by atoms with Crippen LogP contribution in [0.4, 0.5) is 0 Å². The highest BCUT2D eigenvalue weighted by Gasteiger charge is 2.19. The maximum Gasteiger partial charge on any atom is 0.306 e. The van der Waals surface area contributed by atoms with Gasteiger partial charge in [0.15, 0.2) is 6.10 Å². The highest BCUT2D eigenvalue weighted by molar-refractivity contribution is 5.71. The summed E-state index contributed by atoms with van der Waals surface area (Å²) in [5, 5.41) is 0. The lowest BCUT2D eigenvalue weighted by atomic mass is 10.0. The maximum atomic E-state index is 12.8. The van der Waals surface area contributed by atoms with Crippen LogP contribution in [-0.2, 0) is 28.6 Å². The summed E-state index contributed by atoms with van der Waals surface area (Å²) in [4.78, 5) is 37.9. The van der Waals surface area contributed by atoms with Crippen LogP contribution in [0.3, 0.4) is 0 Å². The van der Waals surface area contributed by atoms with Gasteiger partial charge in [-0.25, -0.2) is 0 Å². The molecule has 0 aromatic carbocycles. The van der Waals surface area contributed by atoms with Crippen LogP contribution in [0.25, 0.3) is 0 Å². The Kier molecular flexibility index (Phi) is 52.8. The van der Waals surface area contributed by atoms with Crippen LogP contribution in [0.2, 0.25) is 0 Å². The van der Waals surface area contributed by atoms with Gasteiger partial charge in [-0.15, -0.1) is 0 Å². The van der Waals surface area contributed by atoms with Crippen molar-refractivity contribution in [3.8, 4) is 0 Å². The summed E-state index contributed by atoms with van der Waals surface area (Å²) in [5.41, 5.74) is 0. The topological polar surface area (TPSA) is 78.9 Å². The van der Waals surface area contributed by atoms with E-state index in [2.05, 4.69) is 93.7 Å². The first kappa shape index (κ1) is 63.8. The number of hydrogen-bond acceptors (Lipinski definition) is 6. The van der Waals surface area contributed by atoms with E-state index in [0.717, 1.165) is 103 Å². The summed E-state index contributed by atoms with van der Waals surface area (Å²) in [6, 6.07) is 0. The largest absolute Gasteiger partial charge is 0.462 e. The van der Waals surface area contributed by atoms with Crippen LogP contribution in [0.1, 0.15) is 278 Å². The molecule has 0 spiro atoms. The van der Waals surface area contributed by atoms with Gasteiger partial charge < -0.3 is 14.2 Å². The molecule has 0 aliphatic heterocycles. The number of rotatable bonds is 51. The van der Waals surface area contributed by atoms with E-state index >= 15 is 0 Å². The Morgan fingerprint density at radius 3 is 0.910 bits per heavy atom. The zero-order valence-corrected chi connectivity index (χ0v) is 44.2. The molecule has 0 fully saturated rings. The van der Waals surface area contributed by atoms with Crippen molar-refractivity contribution in [2.24, 2.45) is 0 Å². The second kappa shape index (κ2) is 55.4. The number of allylic oxidation sites excluding steroid dienone is 12. The molecule has 0 aromatic rings. The number of hydrogen-bond donors (Lipinski definition) is 0. The van der Waals surface area contributed by atoms with E-state index in [1.807, 2.05) is 0 Å². The van der Waals surface area contributed by atoms with Crippen molar-refractivity contribution < 1.29 is 28.6 Å². The average molecular weight is 936 g/mol. The van der Waals surface area contributed by atoms with Crippen LogP contribution in [0.15, 0.2) is 72.9 Å². The quantitative estimate of drug-likeness (QED) is 0.0262. The molecule has 0 heterocycles. The standard InChI is InChI=1S/C61H106O6/c1-4-7-10-13-16-19-21-23-25-26-27-28-29-30-31-32-33-34-35-36-37-39-40-42-45-48-51-54-60(63)66-57-58(56-65-59(62)53-50-47-44-18-15-12-9-6-3)67-61(64)55-52-49-46-43-41-38-24-22-20-17-14-11-8-5-2/h7,10,16,19,23,25,27-28,30-31,33-34,58H,4-6,8-9,11-15,17-18,20-22,24,26,29,32,35-57H2,1-3H3/b10-7-,19-16-,25-23-,28-27-,31-30-,34-33-. The van der Waals surface area contributed by atoms with Gasteiger partial charge >= 0.3 is 17.9 Å². The summed E-state index contributed by atoms with van der Waals surface area (Å²) in [6.07, 6.45) is 70.5. The lowest BCUT2D eigenvalue weighted by molar-refractivity contribution is -0.167. The summed E-state index contributed by atoms with van der Waals surface area (Å²) in [7, 11) is 0. The molecule has 0 rings (SSSR count). The molecule has 1 atom stereocenters. The summed E-state index contributed by atoms with van der Waals surface area (Å²) >= 11 is 0. The van der Waals surface area contributed by atoms with Crippen LogP contribution < -0.4 is 0 Å². The number of esters is 3. The predicted molar refractivity (Wildman–Crippen MR) is 288 cm³/mol. The molecule has 0 bridgehead atoms. The van der Waals surface area contributed by atoms with Gasteiger partial charge in [-0.2, -0.15) is 0 Å². The van der Waals surface area contributed by atoms with E-state index in [1.54, 1.807) is 0 Å². The molecule has 67 heavy (non-hydrogen) atoms. The molecule has 0 saturated carbocycles. The maximum absolute atomic E-state index is 12.8. The summed E-state index contributed by atoms with van der Waals surface area (Å²) in [6.45, 7) is 6.51. The second-order valence-electron chi connectivity index (χ2n) is 18.8. The van der Waals surface area contributed by atoms with Crippen LogP contribution >= 0.6 is 0 Å². The first-order chi connectivity index (χ1) is 33.0. The molecule has 0 aliphatic carbocycles. The Morgan fingerprint density at radius 1 is 0.313 bits per heavy atom. The molecule has 0 N–H and O–H groups in total. The minimum absolute atomic E-state index is 0.0744. The first-order valence-corrected chi connectivity index (χ1v) is 28.4. The van der Waals surface area contributed by atoms with Gasteiger partial charge in [-0.3, -0.25) is 14.4 Å². The van der Waals surface area contributed by atoms with Crippen molar-refractivity contribution in [2.45, 2.75) is 284 Å². The normalized spacial score (nSPS) is 12.6. The van der Waals surface area contributed by atoms with Crippen molar-refractivity contribution in [1.29, 1.82) is 0 Å². The van der Waals surface area contributed by atoms with E-state index in [-0.39, 0.29) is 31.1 Å². The minimum atomic E-state index is -0.773. The summed E-state index contributed by atoms with van der Waals surface area (Å²) in [5.74, 6) is -0.879. The smallest absolute Gasteiger partial charge is 0.306 e. The average Bonchev–Trinajstić information content (AvgIpc) is 3.33. The van der Waals surface area contributed by atoms with E-state index in [0.29, 0.717) is 19.3 Å². The molecule has 0 saturated heterocycles. The van der Waals surface area contributed by atoms with Crippen molar-refractivity contribution in [1.82, 2.24) is 0 Å². The minimum Gasteiger partial charge on any atom is -0.462 e. The fourth-order valence-electron chi connectivity index (χ4n) is 7.98. The fraction of sp³-hybridized carbons (Fsp3) is 0.754. The van der Waals surface area contributed by atoms with Gasteiger partial charge in [0.1, 0.15) is 13.2 Å². The van der Waals surface area contributed by atoms with Crippen LogP contribution in [0, 0.1) is 0 Å². The number of carbonyl (C=O) groups is 3. The van der Waals surface area contributed by atoms with Gasteiger partial charge in [-0.05, 0) is 70.6 Å². The predicted octanol–water partition coefficient (Wildman–Crippen LogP) is 19.0. The van der Waals surface area contributed by atoms with E-state index < -0.39 is 6.10 Å². The van der Waals surface area contributed by atoms with Crippen molar-refractivity contribution in [3.63, 3.8) is 0 Å². The monoisotopic (exact) mass is 935 g/mol. The molecular weight excluding hydrogens is 829 g/mol. The van der Waals surface area contributed by atoms with E-state index in [9.17, 15) is 14.4 Å². The molecular formula is C61H106O6. The van der Waals surface area contributed by atoms with Crippen LogP contribution in [-0.4, -0.2) is 37.2 Å². The second-order valence-corrected chi connectivity index (χ2v) is 18.8. The van der Waals surface area contributed by atoms with Gasteiger partial charge in [-0.1, -0.05) is 261 Å². The molecule has 0 aliphatic rings. The SMILES string of the molecule is CC/C=C\C/C=C\C/C=C\C/C=C\C/C=C\C/C=C\CCCCCCCCCCC(=O)OCC(COC(=O)CCCCCCCCCC)OC(=O)CCCCCCCCCCCCCCCC. The molecule has 1 unspecified atom stereocenters. The molecule has 0 radical (unpaired) electrons. The molecule has 6 nitrogen and oxygen atoms in total. The number of ether oxygens (including phenoxy) is 3. The summed E-state index contributed by atoms with van der Waals surface area (Å²) < 4.78 is 16.8. The Morgan fingerprint density at radius 2 is 0.582 bits per heavy atom. The van der Waals surface area contributed by atoms with Crippen molar-refractivity contribution in [2.75, 3.05) is 13.2 Å². The lowest BCUT2D eigenvalue weighted by Gasteiger charge is -2.18. The van der Waals surface area contributed by atoms with Crippen LogP contribution in [0.5, 0.6) is 0 Å². The first-order valence-electron chi connectivity index (χ1n) is 28.4. The third-order valence-electron chi connectivity index (χ3n) is 12.2. The zero-order valence-electron chi connectivity index (χ0n) is 44.2. The molecule has 0 amide bonds. The number of unbranched alkanes of at least 4 members (excludes halogenated alkanes) is 28. The van der Waals surface area contributed by atoms with E-state index in [4.69, 9.17) is 14.2 Å². The highest BCUT2D eigenvalue weighted by atomic mass is 16.6. The van der Waals surface area contributed by atoms with Gasteiger partial charge in [0.2, 0.25) is 0 Å². The Balaban J connectivity index is 4.19. The van der Waals surface area contributed by atoms with E-state index in [1.165, 1.54) is 135 Å². The Bertz CT molecular complexity index is 1260. The lowest BCUT2D eigenvalue weighted by Crippen LogP contribution is -2.30. The highest BCUT2D eigenvalue weighted by Crippen LogP contribution is 2.16. The molecule has 386 valence electrons. The number of carbonyl (C=O) groups excluding carboxylic acids is 3. The van der Waals surface area contributed by atoms with Gasteiger partial charge in [0.05, 0.1) is 0 Å². The fourth-order valence-corrected chi connectivity index (χ4v) is 7.98. The third kappa shape index (κ3) is 53.7. The van der Waals surface area contributed by atoms with Gasteiger partial charge in [0, 0.05) is 19.3 Å². The zero-order chi connectivity index (χ0) is 48.6. The van der Waals surface area contributed by atoms with Gasteiger partial charge in [0.25, 0.3) is 0 Å². The Hall–Kier alpha value is -3.15. The third-order valence-corrected chi connectivity index (χ3v) is 12.2. The van der Waals surface area contributed by atoms with Crippen molar-refractivity contribution in [3.05, 3.63) is 72.9 Å². The molecule has 0 aromatic heterocycles. The molecule has 6 heteroatoms.